The third kappa shape index (κ3) is 3.81. The number of carbonyl (C=O) groups excluding carboxylic acids is 1. The van der Waals surface area contributed by atoms with Crippen LogP contribution in [0.1, 0.15) is 10.4 Å². The van der Waals surface area contributed by atoms with Crippen molar-refractivity contribution in [1.29, 1.82) is 0 Å². The van der Waals surface area contributed by atoms with Crippen molar-refractivity contribution < 1.29 is 14.3 Å². The van der Waals surface area contributed by atoms with Crippen LogP contribution in [0.4, 0.5) is 5.13 Å². The first kappa shape index (κ1) is 18.7. The van der Waals surface area contributed by atoms with Crippen LogP contribution in [-0.4, -0.2) is 61.4 Å². The Labute approximate surface area is 171 Å². The van der Waals surface area contributed by atoms with Crippen LogP contribution in [-0.2, 0) is 0 Å². The normalized spacial score (nSPS) is 14.2. The lowest BCUT2D eigenvalue weighted by molar-refractivity contribution is 0.0746. The molecule has 1 amide bonds. The number of anilines is 1. The van der Waals surface area contributed by atoms with E-state index in [1.807, 2.05) is 22.4 Å². The number of methoxy groups -OCH3 is 2. The molecule has 0 aliphatic carbocycles. The van der Waals surface area contributed by atoms with Gasteiger partial charge in [-0.3, -0.25) is 4.79 Å². The third-order valence-electron chi connectivity index (χ3n) is 4.58. The molecule has 3 heterocycles. The Hall–Kier alpha value is -2.65. The Kier molecular flexibility index (Phi) is 5.45. The molecule has 4 rings (SSSR count). The number of piperazine rings is 1. The maximum atomic E-state index is 12.9. The molecule has 0 radical (unpaired) electrons. The molecule has 0 bridgehead atoms. The van der Waals surface area contributed by atoms with E-state index in [1.165, 1.54) is 0 Å². The van der Waals surface area contributed by atoms with Gasteiger partial charge in [0.1, 0.15) is 11.5 Å². The van der Waals surface area contributed by atoms with Crippen LogP contribution >= 0.6 is 22.7 Å². The summed E-state index contributed by atoms with van der Waals surface area (Å²) in [4.78, 5) is 18.1. The number of nitrogens with zero attached hydrogens (tertiary/aromatic N) is 4. The van der Waals surface area contributed by atoms with Crippen molar-refractivity contribution in [3.63, 3.8) is 0 Å². The molecular formula is C19H20N4O3S2. The van der Waals surface area contributed by atoms with E-state index in [4.69, 9.17) is 9.47 Å². The number of benzene rings is 1. The maximum absolute atomic E-state index is 12.9. The first-order valence-corrected chi connectivity index (χ1v) is 10.5. The van der Waals surface area contributed by atoms with E-state index in [1.54, 1.807) is 55.1 Å². The van der Waals surface area contributed by atoms with Crippen LogP contribution in [0.3, 0.4) is 0 Å². The van der Waals surface area contributed by atoms with Crippen molar-refractivity contribution in [3.8, 4) is 21.4 Å². The van der Waals surface area contributed by atoms with Gasteiger partial charge in [0.15, 0.2) is 5.01 Å². The SMILES string of the molecule is COc1cc(OC)cc(C(=O)N2CCN(c3nnc(-c4cccs4)s3)CC2)c1. The molecule has 0 atom stereocenters. The molecule has 0 saturated carbocycles. The van der Waals surface area contributed by atoms with Gasteiger partial charge in [-0.25, -0.2) is 0 Å². The van der Waals surface area contributed by atoms with Crippen molar-refractivity contribution in [1.82, 2.24) is 15.1 Å². The predicted octanol–water partition coefficient (Wildman–Crippen LogP) is 3.25. The number of carbonyl (C=O) groups is 1. The molecule has 28 heavy (non-hydrogen) atoms. The number of rotatable bonds is 5. The number of aromatic nitrogens is 2. The zero-order chi connectivity index (χ0) is 19.5. The summed E-state index contributed by atoms with van der Waals surface area (Å²) in [5, 5.41) is 12.5. The fraction of sp³-hybridized carbons (Fsp3) is 0.316. The van der Waals surface area contributed by atoms with Crippen LogP contribution in [0.15, 0.2) is 35.7 Å². The standard InChI is InChI=1S/C19H20N4O3S2/c1-25-14-10-13(11-15(12-14)26-2)18(24)22-5-7-23(8-6-22)19-21-20-17(28-19)16-4-3-9-27-16/h3-4,9-12H,5-8H2,1-2H3. The second-order valence-corrected chi connectivity index (χ2v) is 8.15. The van der Waals surface area contributed by atoms with E-state index >= 15 is 0 Å². The summed E-state index contributed by atoms with van der Waals surface area (Å²) in [7, 11) is 3.16. The van der Waals surface area contributed by atoms with Gasteiger partial charge < -0.3 is 19.3 Å². The summed E-state index contributed by atoms with van der Waals surface area (Å²) in [6, 6.07) is 9.31. The second-order valence-electron chi connectivity index (χ2n) is 6.25. The summed E-state index contributed by atoms with van der Waals surface area (Å²) in [6.45, 7) is 2.72. The van der Waals surface area contributed by atoms with Crippen molar-refractivity contribution in [2.24, 2.45) is 0 Å². The maximum Gasteiger partial charge on any atom is 0.254 e. The van der Waals surface area contributed by atoms with Gasteiger partial charge in [0.25, 0.3) is 5.91 Å². The number of hydrogen-bond acceptors (Lipinski definition) is 8. The predicted molar refractivity (Wildman–Crippen MR) is 111 cm³/mol. The van der Waals surface area contributed by atoms with Crippen molar-refractivity contribution >= 4 is 33.7 Å². The quantitative estimate of drug-likeness (QED) is 0.636. The largest absolute Gasteiger partial charge is 0.497 e. The van der Waals surface area contributed by atoms with Crippen molar-refractivity contribution in [2.75, 3.05) is 45.3 Å². The molecule has 1 fully saturated rings. The Balaban J connectivity index is 1.42. The molecule has 9 heteroatoms. The Morgan fingerprint density at radius 1 is 1.04 bits per heavy atom. The Morgan fingerprint density at radius 2 is 1.75 bits per heavy atom. The summed E-state index contributed by atoms with van der Waals surface area (Å²) in [6.07, 6.45) is 0. The van der Waals surface area contributed by atoms with E-state index in [0.29, 0.717) is 30.2 Å². The number of amides is 1. The summed E-state index contributed by atoms with van der Waals surface area (Å²) in [5.41, 5.74) is 0.570. The van der Waals surface area contributed by atoms with Crippen LogP contribution in [0, 0.1) is 0 Å². The van der Waals surface area contributed by atoms with E-state index in [0.717, 1.165) is 28.1 Å². The van der Waals surface area contributed by atoms with E-state index in [9.17, 15) is 4.79 Å². The van der Waals surface area contributed by atoms with Crippen molar-refractivity contribution in [3.05, 3.63) is 41.3 Å². The Bertz CT molecular complexity index is 928. The molecule has 1 aromatic carbocycles. The minimum atomic E-state index is -0.0200. The van der Waals surface area contributed by atoms with Gasteiger partial charge in [0.2, 0.25) is 5.13 Å². The molecule has 2 aromatic heterocycles. The van der Waals surface area contributed by atoms with E-state index < -0.39 is 0 Å². The highest BCUT2D eigenvalue weighted by Crippen LogP contribution is 2.32. The van der Waals surface area contributed by atoms with Gasteiger partial charge in [0.05, 0.1) is 19.1 Å². The van der Waals surface area contributed by atoms with Gasteiger partial charge in [-0.15, -0.1) is 21.5 Å². The fourth-order valence-electron chi connectivity index (χ4n) is 3.06. The van der Waals surface area contributed by atoms with Gasteiger partial charge in [-0.1, -0.05) is 17.4 Å². The lowest BCUT2D eigenvalue weighted by atomic mass is 10.1. The molecule has 0 unspecified atom stereocenters. The average Bonchev–Trinajstić information content (AvgIpc) is 3.44. The summed E-state index contributed by atoms with van der Waals surface area (Å²) < 4.78 is 10.5. The lowest BCUT2D eigenvalue weighted by Crippen LogP contribution is -2.48. The first-order chi connectivity index (χ1) is 13.7. The molecule has 1 saturated heterocycles. The monoisotopic (exact) mass is 416 g/mol. The van der Waals surface area contributed by atoms with Crippen LogP contribution in [0.2, 0.25) is 0 Å². The highest BCUT2D eigenvalue weighted by molar-refractivity contribution is 7.22. The average molecular weight is 417 g/mol. The number of thiophene rings is 1. The zero-order valence-electron chi connectivity index (χ0n) is 15.6. The highest BCUT2D eigenvalue weighted by Gasteiger charge is 2.25. The molecule has 0 N–H and O–H groups in total. The topological polar surface area (TPSA) is 67.8 Å². The Morgan fingerprint density at radius 3 is 2.36 bits per heavy atom. The number of ether oxygens (including phenoxy) is 2. The van der Waals surface area contributed by atoms with Gasteiger partial charge >= 0.3 is 0 Å². The van der Waals surface area contributed by atoms with Gasteiger partial charge in [-0.2, -0.15) is 0 Å². The molecule has 0 spiro atoms. The first-order valence-electron chi connectivity index (χ1n) is 8.82. The zero-order valence-corrected chi connectivity index (χ0v) is 17.3. The van der Waals surface area contributed by atoms with Crippen LogP contribution in [0.25, 0.3) is 9.88 Å². The smallest absolute Gasteiger partial charge is 0.254 e. The fourth-order valence-corrected chi connectivity index (χ4v) is 4.75. The van der Waals surface area contributed by atoms with E-state index in [-0.39, 0.29) is 5.91 Å². The van der Waals surface area contributed by atoms with Crippen molar-refractivity contribution in [2.45, 2.75) is 0 Å². The van der Waals surface area contributed by atoms with Gasteiger partial charge in [-0.05, 0) is 23.6 Å². The summed E-state index contributed by atoms with van der Waals surface area (Å²) in [5.74, 6) is 1.20. The van der Waals surface area contributed by atoms with E-state index in [2.05, 4.69) is 15.1 Å². The molecule has 1 aliphatic rings. The molecule has 7 nitrogen and oxygen atoms in total. The second kappa shape index (κ2) is 8.15. The minimum Gasteiger partial charge on any atom is -0.497 e. The summed E-state index contributed by atoms with van der Waals surface area (Å²) >= 11 is 3.25. The third-order valence-corrected chi connectivity index (χ3v) is 6.61. The lowest BCUT2D eigenvalue weighted by Gasteiger charge is -2.34. The molecule has 3 aromatic rings. The van der Waals surface area contributed by atoms with Crippen LogP contribution < -0.4 is 14.4 Å². The van der Waals surface area contributed by atoms with Crippen LogP contribution in [0.5, 0.6) is 11.5 Å². The molecule has 1 aliphatic heterocycles. The molecule has 146 valence electrons. The van der Waals surface area contributed by atoms with Gasteiger partial charge in [0, 0.05) is 37.8 Å². The number of hydrogen-bond donors (Lipinski definition) is 0. The minimum absolute atomic E-state index is 0.0200. The molecular weight excluding hydrogens is 396 g/mol. The highest BCUT2D eigenvalue weighted by atomic mass is 32.1.